The normalized spacial score (nSPS) is 22.1. The van der Waals surface area contributed by atoms with Crippen molar-refractivity contribution in [1.29, 1.82) is 0 Å². The van der Waals surface area contributed by atoms with Crippen LogP contribution in [0.1, 0.15) is 54.1 Å². The minimum atomic E-state index is -0.599. The van der Waals surface area contributed by atoms with E-state index in [-0.39, 0.29) is 34.7 Å². The molecule has 6 nitrogen and oxygen atoms in total. The van der Waals surface area contributed by atoms with Crippen molar-refractivity contribution in [2.45, 2.75) is 57.2 Å². The summed E-state index contributed by atoms with van der Waals surface area (Å²) in [6.07, 6.45) is 5.99. The number of rotatable bonds is 4. The van der Waals surface area contributed by atoms with Gasteiger partial charge in [0.05, 0.1) is 16.6 Å². The summed E-state index contributed by atoms with van der Waals surface area (Å²) in [5.74, 6) is -1.01. The number of fused-ring (bicyclic) bond motifs is 1. The Labute approximate surface area is 162 Å². The molecule has 0 bridgehead atoms. The van der Waals surface area contributed by atoms with Crippen molar-refractivity contribution in [1.82, 2.24) is 4.57 Å². The maximum absolute atomic E-state index is 15.2. The summed E-state index contributed by atoms with van der Waals surface area (Å²) in [4.78, 5) is 27.6. The summed E-state index contributed by atoms with van der Waals surface area (Å²) in [7, 11) is 0. The Kier molecular flexibility index (Phi) is 3.98. The molecule has 2 N–H and O–H groups in total. The lowest BCUT2D eigenvalue weighted by Crippen LogP contribution is -2.28. The van der Waals surface area contributed by atoms with Crippen LogP contribution in [0, 0.1) is 12.7 Å². The molecule has 1 saturated heterocycles. The molecule has 7 heteroatoms. The highest BCUT2D eigenvalue weighted by atomic mass is 19.1. The number of nitrogens with two attached hydrogens (primary N) is 1. The third kappa shape index (κ3) is 2.89. The maximum atomic E-state index is 15.2. The summed E-state index contributed by atoms with van der Waals surface area (Å²) in [6, 6.07) is 2.01. The average molecular weight is 385 g/mol. The zero-order chi connectivity index (χ0) is 19.6. The van der Waals surface area contributed by atoms with E-state index in [9.17, 15) is 9.59 Å². The number of anilines is 1. The van der Waals surface area contributed by atoms with Gasteiger partial charge in [-0.1, -0.05) is 0 Å². The number of halogens is 1. The standard InChI is InChI=1S/C21H24FN3O3/c1-11-18-16(8-17(19(11)22)24-7-6-12(23)9-24)25(13-2-3-13)10-15(20(18)26)21(27)28-14-4-5-14/h8,10,12-14H,2-7,9,23H2,1H3. The van der Waals surface area contributed by atoms with Gasteiger partial charge in [0.2, 0.25) is 5.43 Å². The highest BCUT2D eigenvalue weighted by Gasteiger charge is 2.32. The molecule has 1 atom stereocenters. The zero-order valence-corrected chi connectivity index (χ0v) is 15.9. The van der Waals surface area contributed by atoms with Gasteiger partial charge in [0.1, 0.15) is 17.5 Å². The Morgan fingerprint density at radius 3 is 2.61 bits per heavy atom. The first-order valence-corrected chi connectivity index (χ1v) is 10.0. The van der Waals surface area contributed by atoms with E-state index in [0.717, 1.165) is 32.1 Å². The fraction of sp³-hybridized carbons (Fsp3) is 0.524. The summed E-state index contributed by atoms with van der Waals surface area (Å²) in [6.45, 7) is 2.91. The first-order valence-electron chi connectivity index (χ1n) is 10.0. The first kappa shape index (κ1) is 17.7. The number of hydrogen-bond donors (Lipinski definition) is 1. The number of hydrogen-bond acceptors (Lipinski definition) is 5. The van der Waals surface area contributed by atoms with E-state index in [1.165, 1.54) is 0 Å². The van der Waals surface area contributed by atoms with Crippen molar-refractivity contribution in [3.8, 4) is 0 Å². The molecule has 0 amide bonds. The molecule has 1 unspecified atom stereocenters. The van der Waals surface area contributed by atoms with Crippen molar-refractivity contribution in [2.75, 3.05) is 18.0 Å². The number of benzene rings is 1. The Balaban J connectivity index is 1.70. The first-order chi connectivity index (χ1) is 13.4. The average Bonchev–Trinajstić information content (AvgIpc) is 3.58. The van der Waals surface area contributed by atoms with Gasteiger partial charge < -0.3 is 19.9 Å². The van der Waals surface area contributed by atoms with Crippen LogP contribution in [0.25, 0.3) is 10.9 Å². The summed E-state index contributed by atoms with van der Waals surface area (Å²) >= 11 is 0. The molecule has 1 aromatic heterocycles. The summed E-state index contributed by atoms with van der Waals surface area (Å²) in [5, 5.41) is 0.280. The Hall–Kier alpha value is -2.41. The van der Waals surface area contributed by atoms with E-state index >= 15 is 4.39 Å². The lowest BCUT2D eigenvalue weighted by atomic mass is 10.0. The van der Waals surface area contributed by atoms with Gasteiger partial charge in [0.25, 0.3) is 0 Å². The van der Waals surface area contributed by atoms with E-state index in [2.05, 4.69) is 0 Å². The molecular weight excluding hydrogens is 361 g/mol. The van der Waals surface area contributed by atoms with E-state index in [0.29, 0.717) is 24.3 Å². The SMILES string of the molecule is Cc1c(F)c(N2CCC(N)C2)cc2c1c(=O)c(C(=O)OC1CC1)cn2C1CC1. The third-order valence-corrected chi connectivity index (χ3v) is 6.00. The lowest BCUT2D eigenvalue weighted by Gasteiger charge is -2.22. The molecule has 2 aromatic rings. The van der Waals surface area contributed by atoms with Gasteiger partial charge in [-0.25, -0.2) is 9.18 Å². The summed E-state index contributed by atoms with van der Waals surface area (Å²) in [5.41, 5.74) is 7.02. The van der Waals surface area contributed by atoms with Gasteiger partial charge >= 0.3 is 5.97 Å². The molecule has 5 rings (SSSR count). The number of pyridine rings is 1. The molecule has 0 spiro atoms. The fourth-order valence-corrected chi connectivity index (χ4v) is 4.09. The van der Waals surface area contributed by atoms with Gasteiger partial charge in [-0.05, 0) is 45.1 Å². The van der Waals surface area contributed by atoms with Crippen LogP contribution >= 0.6 is 0 Å². The fourth-order valence-electron chi connectivity index (χ4n) is 4.09. The number of esters is 1. The third-order valence-electron chi connectivity index (χ3n) is 6.00. The van der Waals surface area contributed by atoms with Crippen molar-refractivity contribution in [3.63, 3.8) is 0 Å². The van der Waals surface area contributed by atoms with Crippen LogP contribution in [-0.2, 0) is 4.74 Å². The Morgan fingerprint density at radius 1 is 1.25 bits per heavy atom. The number of carbonyl (C=O) groups is 1. The molecule has 1 aromatic carbocycles. The molecule has 148 valence electrons. The van der Waals surface area contributed by atoms with Gasteiger partial charge in [-0.15, -0.1) is 0 Å². The van der Waals surface area contributed by atoms with Crippen molar-refractivity contribution >= 4 is 22.6 Å². The maximum Gasteiger partial charge on any atom is 0.343 e. The number of aryl methyl sites for hydroxylation is 1. The van der Waals surface area contributed by atoms with Crippen molar-refractivity contribution < 1.29 is 13.9 Å². The van der Waals surface area contributed by atoms with Crippen LogP contribution < -0.4 is 16.1 Å². The largest absolute Gasteiger partial charge is 0.459 e. The molecule has 0 radical (unpaired) electrons. The number of nitrogens with zero attached hydrogens (tertiary/aromatic N) is 2. The number of carbonyl (C=O) groups excluding carboxylic acids is 1. The van der Waals surface area contributed by atoms with Crippen molar-refractivity contribution in [3.05, 3.63) is 39.4 Å². The molecule has 28 heavy (non-hydrogen) atoms. The Morgan fingerprint density at radius 2 is 2.00 bits per heavy atom. The van der Waals surface area contributed by atoms with Gasteiger partial charge in [0, 0.05) is 36.9 Å². The zero-order valence-electron chi connectivity index (χ0n) is 15.9. The van der Waals surface area contributed by atoms with Crippen LogP contribution in [0.2, 0.25) is 0 Å². The number of aromatic nitrogens is 1. The quantitative estimate of drug-likeness (QED) is 0.819. The van der Waals surface area contributed by atoms with Crippen LogP contribution in [-0.4, -0.2) is 35.8 Å². The van der Waals surface area contributed by atoms with E-state index < -0.39 is 17.2 Å². The van der Waals surface area contributed by atoms with Gasteiger partial charge in [-0.2, -0.15) is 0 Å². The number of ether oxygens (including phenoxy) is 1. The molecular formula is C21H24FN3O3. The molecule has 2 aliphatic carbocycles. The minimum Gasteiger partial charge on any atom is -0.459 e. The second-order valence-corrected chi connectivity index (χ2v) is 8.34. The molecule has 1 aliphatic heterocycles. The van der Waals surface area contributed by atoms with E-state index in [4.69, 9.17) is 10.5 Å². The van der Waals surface area contributed by atoms with Crippen LogP contribution in [0.15, 0.2) is 17.1 Å². The van der Waals surface area contributed by atoms with Gasteiger partial charge in [0.15, 0.2) is 0 Å². The topological polar surface area (TPSA) is 77.6 Å². The Bertz CT molecular complexity index is 1040. The van der Waals surface area contributed by atoms with Crippen LogP contribution in [0.3, 0.4) is 0 Å². The second kappa shape index (κ2) is 6.30. The van der Waals surface area contributed by atoms with Crippen LogP contribution in [0.5, 0.6) is 0 Å². The molecule has 3 aliphatic rings. The predicted octanol–water partition coefficient (Wildman–Crippen LogP) is 2.64. The molecule has 2 heterocycles. The monoisotopic (exact) mass is 385 g/mol. The molecule has 3 fully saturated rings. The highest BCUT2D eigenvalue weighted by Crippen LogP contribution is 2.39. The highest BCUT2D eigenvalue weighted by molar-refractivity contribution is 5.96. The minimum absolute atomic E-state index is 0.00439. The smallest absolute Gasteiger partial charge is 0.343 e. The predicted molar refractivity (Wildman–Crippen MR) is 104 cm³/mol. The van der Waals surface area contributed by atoms with E-state index in [1.807, 2.05) is 9.47 Å². The van der Waals surface area contributed by atoms with Crippen LogP contribution in [0.4, 0.5) is 10.1 Å². The lowest BCUT2D eigenvalue weighted by molar-refractivity contribution is 0.0470. The van der Waals surface area contributed by atoms with E-state index in [1.54, 1.807) is 19.2 Å². The second-order valence-electron chi connectivity index (χ2n) is 8.34. The summed E-state index contributed by atoms with van der Waals surface area (Å²) < 4.78 is 22.6. The van der Waals surface area contributed by atoms with Gasteiger partial charge in [-0.3, -0.25) is 4.79 Å². The molecule has 2 saturated carbocycles. The van der Waals surface area contributed by atoms with Crippen molar-refractivity contribution in [2.24, 2.45) is 5.73 Å².